The summed E-state index contributed by atoms with van der Waals surface area (Å²) in [7, 11) is 3.65. The molecule has 0 aromatic heterocycles. The third-order valence-corrected chi connectivity index (χ3v) is 10.4. The van der Waals surface area contributed by atoms with Crippen LogP contribution in [0.15, 0.2) is 0 Å². The Morgan fingerprint density at radius 1 is 1.14 bits per heavy atom. The average Bonchev–Trinajstić information content (AvgIpc) is 3.42. The fraction of sp³-hybridized carbons (Fsp3) is 0.933. The zero-order valence-corrected chi connectivity index (χ0v) is 26.9. The minimum atomic E-state index is -0.661. The Hall–Kier alpha value is -1.46. The van der Waals surface area contributed by atoms with Crippen LogP contribution in [0.2, 0.25) is 0 Å². The second-order valence-corrected chi connectivity index (χ2v) is 13.5. The topological polar surface area (TPSA) is 161 Å². The molecule has 4 saturated heterocycles. The largest absolute Gasteiger partial charge is 0.390 e. The average molecular weight is 625 g/mol. The minimum absolute atomic E-state index is 0.0426. The first-order valence-electron chi connectivity index (χ1n) is 16.6. The predicted octanol–water partition coefficient (Wildman–Crippen LogP) is -2.08. The lowest BCUT2D eigenvalue weighted by molar-refractivity contribution is -0.133. The Labute approximate surface area is 262 Å². The molecule has 4 heterocycles. The molecule has 0 bridgehead atoms. The highest BCUT2D eigenvalue weighted by atomic mass is 16.5. The summed E-state index contributed by atoms with van der Waals surface area (Å²) in [6, 6.07) is 0.0339. The minimum Gasteiger partial charge on any atom is -0.390 e. The molecule has 1 saturated carbocycles. The predicted molar refractivity (Wildman–Crippen MR) is 164 cm³/mol. The van der Waals surface area contributed by atoms with Gasteiger partial charge in [-0.2, -0.15) is 0 Å². The quantitative estimate of drug-likeness (QED) is 0.120. The number of ether oxygens (including phenoxy) is 3. The van der Waals surface area contributed by atoms with Gasteiger partial charge in [0.1, 0.15) is 6.29 Å². The van der Waals surface area contributed by atoms with Gasteiger partial charge in [0.05, 0.1) is 50.5 Å². The fourth-order valence-corrected chi connectivity index (χ4v) is 7.30. The zero-order valence-electron chi connectivity index (χ0n) is 26.9. The van der Waals surface area contributed by atoms with Crippen molar-refractivity contribution in [3.8, 4) is 0 Å². The lowest BCUT2D eigenvalue weighted by Gasteiger charge is -2.46. The van der Waals surface area contributed by atoms with E-state index in [0.717, 1.165) is 32.2 Å². The van der Waals surface area contributed by atoms with Crippen LogP contribution in [0.25, 0.3) is 0 Å². The number of likely N-dealkylation sites (N-methyl/N-ethyl adjacent to an activating group) is 1. The number of likely N-dealkylation sites (tertiary alicyclic amines) is 1. The highest BCUT2D eigenvalue weighted by Crippen LogP contribution is 2.37. The van der Waals surface area contributed by atoms with Crippen LogP contribution < -0.4 is 31.9 Å². The number of fused-ring (bicyclic) bond motifs is 1. The van der Waals surface area contributed by atoms with Crippen LogP contribution in [0, 0.1) is 11.8 Å². The van der Waals surface area contributed by atoms with Crippen LogP contribution in [0.4, 0.5) is 0 Å². The molecular formula is C30H56N8O6. The third-order valence-electron chi connectivity index (χ3n) is 10.4. The summed E-state index contributed by atoms with van der Waals surface area (Å²) >= 11 is 0. The molecule has 252 valence electrons. The van der Waals surface area contributed by atoms with Crippen LogP contribution in [0.3, 0.4) is 0 Å². The standard InChI is InChI=1S/C30H56N8O6/c1-18-27(44-17-33-18)16-43-23-6-5-20-10-24(31-12-21(20)9-23)26(40)13-32-29(41)25-11-28(34-22-14-38(15-22)19(2)39)36-30(35-25)37(3)7-8-42-4/h18,20-28,30-31,33-36,40H,5-17H2,1-4H3,(H,32,41)/t18?,20?,21?,23?,24-,25?,26+,27?,28?,30?/m0/s1. The van der Waals surface area contributed by atoms with Gasteiger partial charge < -0.3 is 34.9 Å². The molecule has 0 radical (unpaired) electrons. The van der Waals surface area contributed by atoms with E-state index in [-0.39, 0.29) is 55.1 Å². The van der Waals surface area contributed by atoms with E-state index in [9.17, 15) is 14.7 Å². The van der Waals surface area contributed by atoms with Crippen molar-refractivity contribution < 1.29 is 28.9 Å². The summed E-state index contributed by atoms with van der Waals surface area (Å²) in [6.45, 7) is 8.62. The molecule has 5 fully saturated rings. The third kappa shape index (κ3) is 8.87. The van der Waals surface area contributed by atoms with Crippen molar-refractivity contribution in [1.82, 2.24) is 41.7 Å². The summed E-state index contributed by atoms with van der Waals surface area (Å²) in [6.07, 6.45) is 4.02. The van der Waals surface area contributed by atoms with E-state index in [2.05, 4.69) is 43.7 Å². The Morgan fingerprint density at radius 2 is 1.95 bits per heavy atom. The molecule has 1 aliphatic carbocycles. The second kappa shape index (κ2) is 15.9. The van der Waals surface area contributed by atoms with Crippen molar-refractivity contribution in [3.63, 3.8) is 0 Å². The molecule has 0 aromatic carbocycles. The first kappa shape index (κ1) is 33.9. The molecule has 14 nitrogen and oxygen atoms in total. The van der Waals surface area contributed by atoms with Gasteiger partial charge in [0.15, 0.2) is 0 Å². The van der Waals surface area contributed by atoms with Gasteiger partial charge >= 0.3 is 0 Å². The summed E-state index contributed by atoms with van der Waals surface area (Å²) in [4.78, 5) is 28.9. The van der Waals surface area contributed by atoms with E-state index in [0.29, 0.717) is 63.9 Å². The number of hydrogen-bond donors (Lipinski definition) is 7. The smallest absolute Gasteiger partial charge is 0.237 e. The van der Waals surface area contributed by atoms with Crippen molar-refractivity contribution in [2.75, 3.05) is 66.8 Å². The van der Waals surface area contributed by atoms with Gasteiger partial charge in [-0.25, -0.2) is 0 Å². The zero-order chi connectivity index (χ0) is 31.2. The summed E-state index contributed by atoms with van der Waals surface area (Å²) in [5.74, 6) is 1.06. The number of carbonyl (C=O) groups excluding carboxylic acids is 2. The van der Waals surface area contributed by atoms with E-state index >= 15 is 0 Å². The molecule has 14 heteroatoms. The number of nitrogens with zero attached hydrogens (tertiary/aromatic N) is 2. The van der Waals surface area contributed by atoms with E-state index in [4.69, 9.17) is 14.2 Å². The van der Waals surface area contributed by atoms with Gasteiger partial charge in [0, 0.05) is 64.8 Å². The lowest BCUT2D eigenvalue weighted by Crippen LogP contribution is -2.72. The molecule has 7 N–H and O–H groups in total. The van der Waals surface area contributed by atoms with Gasteiger partial charge in [-0.05, 0) is 58.0 Å². The number of amides is 2. The maximum atomic E-state index is 13.4. The number of methoxy groups -OCH3 is 1. The Bertz CT molecular complexity index is 943. The van der Waals surface area contributed by atoms with Gasteiger partial charge in [0.25, 0.3) is 0 Å². The maximum absolute atomic E-state index is 13.4. The van der Waals surface area contributed by atoms with Crippen LogP contribution in [-0.2, 0) is 23.8 Å². The van der Waals surface area contributed by atoms with Crippen molar-refractivity contribution in [3.05, 3.63) is 0 Å². The molecule has 0 aromatic rings. The second-order valence-electron chi connectivity index (χ2n) is 13.5. The van der Waals surface area contributed by atoms with Crippen LogP contribution in [-0.4, -0.2) is 148 Å². The number of aliphatic hydroxyl groups is 1. The molecule has 8 unspecified atom stereocenters. The number of aliphatic hydroxyl groups excluding tert-OH is 1. The fourth-order valence-electron chi connectivity index (χ4n) is 7.30. The normalized spacial score (nSPS) is 37.0. The molecule has 2 amide bonds. The van der Waals surface area contributed by atoms with Crippen LogP contribution >= 0.6 is 0 Å². The molecule has 5 aliphatic rings. The molecular weight excluding hydrogens is 568 g/mol. The highest BCUT2D eigenvalue weighted by molar-refractivity contribution is 5.82. The van der Waals surface area contributed by atoms with Crippen molar-refractivity contribution in [1.29, 1.82) is 0 Å². The van der Waals surface area contributed by atoms with Gasteiger partial charge in [-0.15, -0.1) is 0 Å². The van der Waals surface area contributed by atoms with Crippen LogP contribution in [0.5, 0.6) is 0 Å². The Balaban J connectivity index is 1.06. The van der Waals surface area contributed by atoms with Crippen molar-refractivity contribution >= 4 is 11.8 Å². The first-order valence-corrected chi connectivity index (χ1v) is 16.6. The maximum Gasteiger partial charge on any atom is 0.237 e. The molecule has 4 aliphatic heterocycles. The van der Waals surface area contributed by atoms with E-state index in [1.165, 1.54) is 0 Å². The van der Waals surface area contributed by atoms with Gasteiger partial charge in [-0.1, -0.05) is 0 Å². The SMILES string of the molecule is COCCN(C)C1NC(NC2CN(C(C)=O)C2)CC(C(=O)NC[C@@H](O)[C@@H]2CC3CCC(OCC4OCNC4C)CC3CN2)N1. The number of rotatable bonds is 13. The number of piperidine rings is 1. The van der Waals surface area contributed by atoms with Gasteiger partial charge in [-0.3, -0.25) is 35.8 Å². The Kier molecular flexibility index (Phi) is 12.2. The van der Waals surface area contributed by atoms with Crippen LogP contribution in [0.1, 0.15) is 46.0 Å². The van der Waals surface area contributed by atoms with Crippen molar-refractivity contribution in [2.24, 2.45) is 11.8 Å². The molecule has 5 rings (SSSR count). The van der Waals surface area contributed by atoms with E-state index < -0.39 is 12.1 Å². The number of nitrogens with one attached hydrogen (secondary N) is 6. The summed E-state index contributed by atoms with van der Waals surface area (Å²) < 4.78 is 17.2. The molecule has 10 atom stereocenters. The molecule has 0 spiro atoms. The first-order chi connectivity index (χ1) is 21.2. The Morgan fingerprint density at radius 3 is 2.68 bits per heavy atom. The summed E-state index contributed by atoms with van der Waals surface area (Å²) in [5, 5.41) is 31.5. The molecule has 44 heavy (non-hydrogen) atoms. The monoisotopic (exact) mass is 624 g/mol. The summed E-state index contributed by atoms with van der Waals surface area (Å²) in [5.41, 5.74) is 0. The van der Waals surface area contributed by atoms with E-state index in [1.807, 2.05) is 7.05 Å². The van der Waals surface area contributed by atoms with Crippen molar-refractivity contribution in [2.45, 2.75) is 101 Å². The number of hydrogen-bond acceptors (Lipinski definition) is 12. The highest BCUT2D eigenvalue weighted by Gasteiger charge is 2.40. The lowest BCUT2D eigenvalue weighted by atomic mass is 9.72. The van der Waals surface area contributed by atoms with Gasteiger partial charge in [0.2, 0.25) is 11.8 Å². The van der Waals surface area contributed by atoms with E-state index in [1.54, 1.807) is 18.9 Å². The number of carbonyl (C=O) groups is 2.